The van der Waals surface area contributed by atoms with Crippen LogP contribution in [0.1, 0.15) is 0 Å². The van der Waals surface area contributed by atoms with Crippen molar-refractivity contribution in [3.05, 3.63) is 29.6 Å². The van der Waals surface area contributed by atoms with Crippen LogP contribution in [0.15, 0.2) is 28.7 Å². The number of hydrogen-bond donors (Lipinski definition) is 1. The summed E-state index contributed by atoms with van der Waals surface area (Å²) < 4.78 is 5.01. The lowest BCUT2D eigenvalue weighted by Crippen LogP contribution is -1.84. The topological polar surface area (TPSA) is 64.9 Å². The maximum absolute atomic E-state index is 5.58. The number of nitrogen functional groups attached to an aromatic ring is 1. The molecular weight excluding hydrogens is 190 g/mol. The van der Waals surface area contributed by atoms with E-state index in [0.29, 0.717) is 11.6 Å². The van der Waals surface area contributed by atoms with E-state index < -0.39 is 0 Å². The van der Waals surface area contributed by atoms with Gasteiger partial charge >= 0.3 is 5.35 Å². The zero-order valence-corrected chi connectivity index (χ0v) is 7.32. The second-order valence-electron chi connectivity index (χ2n) is 2.49. The fourth-order valence-electron chi connectivity index (χ4n) is 0.994. The van der Waals surface area contributed by atoms with Gasteiger partial charge in [-0.2, -0.15) is 0 Å². The van der Waals surface area contributed by atoms with Gasteiger partial charge in [-0.3, -0.25) is 0 Å². The van der Waals surface area contributed by atoms with Crippen LogP contribution in [0.5, 0.6) is 0 Å². The highest BCUT2D eigenvalue weighted by molar-refractivity contribution is 6.27. The molecule has 66 valence electrons. The van der Waals surface area contributed by atoms with Crippen LogP contribution in [0.4, 0.5) is 5.69 Å². The lowest BCUT2D eigenvalue weighted by Gasteiger charge is -1.94. The lowest BCUT2D eigenvalue weighted by molar-refractivity contribution is 0.571. The van der Waals surface area contributed by atoms with Gasteiger partial charge in [0.1, 0.15) is 0 Å². The zero-order chi connectivity index (χ0) is 9.26. The van der Waals surface area contributed by atoms with Crippen molar-refractivity contribution in [3.8, 4) is 11.5 Å². The quantitative estimate of drug-likeness (QED) is 0.707. The first-order valence-corrected chi connectivity index (χ1v) is 3.98. The number of rotatable bonds is 1. The van der Waals surface area contributed by atoms with Crippen LogP contribution < -0.4 is 5.73 Å². The number of nitrogens with two attached hydrogens (primary N) is 1. The molecule has 0 radical (unpaired) electrons. The van der Waals surface area contributed by atoms with Gasteiger partial charge in [0.15, 0.2) is 0 Å². The van der Waals surface area contributed by atoms with Gasteiger partial charge < -0.3 is 10.2 Å². The van der Waals surface area contributed by atoms with Gasteiger partial charge in [0.25, 0.3) is 0 Å². The van der Waals surface area contributed by atoms with Crippen LogP contribution >= 0.6 is 11.6 Å². The molecule has 0 aliphatic heterocycles. The third kappa shape index (κ3) is 1.62. The van der Waals surface area contributed by atoms with E-state index in [4.69, 9.17) is 21.8 Å². The molecule has 0 aliphatic carbocycles. The molecule has 0 fully saturated rings. The smallest absolute Gasteiger partial charge is 0.313 e. The van der Waals surface area contributed by atoms with Gasteiger partial charge in [-0.15, -0.1) is 5.10 Å². The molecule has 0 spiro atoms. The molecule has 0 saturated carbocycles. The Morgan fingerprint density at radius 1 is 1.31 bits per heavy atom. The minimum atomic E-state index is 0.0254. The molecule has 2 N–H and O–H groups in total. The van der Waals surface area contributed by atoms with Gasteiger partial charge in [0.2, 0.25) is 5.89 Å². The summed E-state index contributed by atoms with van der Waals surface area (Å²) >= 11 is 5.48. The van der Waals surface area contributed by atoms with Crippen LogP contribution in [0.2, 0.25) is 5.35 Å². The third-order valence-corrected chi connectivity index (χ3v) is 1.69. The minimum Gasteiger partial charge on any atom is -0.407 e. The highest BCUT2D eigenvalue weighted by Crippen LogP contribution is 2.21. The van der Waals surface area contributed by atoms with E-state index in [1.165, 1.54) is 0 Å². The number of hydrogen-bond acceptors (Lipinski definition) is 4. The summed E-state index contributed by atoms with van der Waals surface area (Å²) in [5.41, 5.74) is 6.99. The highest BCUT2D eigenvalue weighted by atomic mass is 35.5. The number of anilines is 1. The number of halogens is 1. The minimum absolute atomic E-state index is 0.0254. The van der Waals surface area contributed by atoms with Crippen molar-refractivity contribution in [3.63, 3.8) is 0 Å². The van der Waals surface area contributed by atoms with Gasteiger partial charge in [-0.1, -0.05) is 11.2 Å². The van der Waals surface area contributed by atoms with E-state index in [0.717, 1.165) is 5.56 Å². The van der Waals surface area contributed by atoms with Crippen LogP contribution in [-0.4, -0.2) is 10.2 Å². The van der Waals surface area contributed by atoms with Crippen molar-refractivity contribution in [2.24, 2.45) is 0 Å². The summed E-state index contributed by atoms with van der Waals surface area (Å²) in [6.45, 7) is 0. The summed E-state index contributed by atoms with van der Waals surface area (Å²) in [6.07, 6.45) is 0. The largest absolute Gasteiger partial charge is 0.407 e. The summed E-state index contributed by atoms with van der Waals surface area (Å²) in [6, 6.07) is 7.15. The number of benzene rings is 1. The second-order valence-corrected chi connectivity index (χ2v) is 2.81. The molecule has 1 aromatic carbocycles. The highest BCUT2D eigenvalue weighted by Gasteiger charge is 2.05. The van der Waals surface area contributed by atoms with Crippen molar-refractivity contribution in [1.29, 1.82) is 0 Å². The fourth-order valence-corrected chi connectivity index (χ4v) is 1.10. The molecular formula is C8H6ClN3O. The Morgan fingerprint density at radius 2 is 2.15 bits per heavy atom. The van der Waals surface area contributed by atoms with Gasteiger partial charge in [0.05, 0.1) is 0 Å². The van der Waals surface area contributed by atoms with E-state index in [1.807, 2.05) is 12.1 Å². The summed E-state index contributed by atoms with van der Waals surface area (Å²) in [5, 5.41) is 7.28. The standard InChI is InChI=1S/C8H6ClN3O/c9-8-12-11-7(13-8)5-2-1-3-6(10)4-5/h1-4H,10H2. The van der Waals surface area contributed by atoms with Gasteiger partial charge in [0, 0.05) is 11.3 Å². The molecule has 1 aromatic heterocycles. The van der Waals surface area contributed by atoms with Crippen LogP contribution in [0, 0.1) is 0 Å². The Bertz CT molecular complexity index is 427. The fraction of sp³-hybridized carbons (Fsp3) is 0. The van der Waals surface area contributed by atoms with E-state index in [9.17, 15) is 0 Å². The zero-order valence-electron chi connectivity index (χ0n) is 6.57. The molecule has 0 amide bonds. The molecule has 2 aromatic rings. The Hall–Kier alpha value is -1.55. The van der Waals surface area contributed by atoms with Crippen molar-refractivity contribution >= 4 is 17.3 Å². The second kappa shape index (κ2) is 3.06. The molecule has 0 aliphatic rings. The van der Waals surface area contributed by atoms with Crippen molar-refractivity contribution in [2.45, 2.75) is 0 Å². The molecule has 13 heavy (non-hydrogen) atoms. The molecule has 0 unspecified atom stereocenters. The molecule has 0 bridgehead atoms. The lowest BCUT2D eigenvalue weighted by atomic mass is 10.2. The molecule has 2 rings (SSSR count). The first kappa shape index (κ1) is 8.07. The first-order chi connectivity index (χ1) is 6.25. The van der Waals surface area contributed by atoms with Crippen molar-refractivity contribution in [1.82, 2.24) is 10.2 Å². The normalized spacial score (nSPS) is 10.2. The van der Waals surface area contributed by atoms with E-state index in [-0.39, 0.29) is 5.35 Å². The van der Waals surface area contributed by atoms with Crippen molar-refractivity contribution < 1.29 is 4.42 Å². The average molecular weight is 196 g/mol. The Kier molecular flexibility index (Phi) is 1.90. The Balaban J connectivity index is 2.46. The molecule has 0 atom stereocenters. The summed E-state index contributed by atoms with van der Waals surface area (Å²) in [4.78, 5) is 0. The predicted octanol–water partition coefficient (Wildman–Crippen LogP) is 1.97. The maximum Gasteiger partial charge on any atom is 0.313 e. The van der Waals surface area contributed by atoms with E-state index >= 15 is 0 Å². The Morgan fingerprint density at radius 3 is 2.77 bits per heavy atom. The van der Waals surface area contributed by atoms with Gasteiger partial charge in [-0.05, 0) is 29.8 Å². The monoisotopic (exact) mass is 195 g/mol. The maximum atomic E-state index is 5.58. The molecule has 4 nitrogen and oxygen atoms in total. The molecule has 0 saturated heterocycles. The van der Waals surface area contributed by atoms with E-state index in [1.54, 1.807) is 12.1 Å². The summed E-state index contributed by atoms with van der Waals surface area (Å²) in [5.74, 6) is 0.373. The van der Waals surface area contributed by atoms with Crippen molar-refractivity contribution in [2.75, 3.05) is 5.73 Å². The predicted molar refractivity (Wildman–Crippen MR) is 49.2 cm³/mol. The van der Waals surface area contributed by atoms with Crippen LogP contribution in [0.25, 0.3) is 11.5 Å². The van der Waals surface area contributed by atoms with Gasteiger partial charge in [-0.25, -0.2) is 0 Å². The first-order valence-electron chi connectivity index (χ1n) is 3.60. The molecule has 1 heterocycles. The number of aromatic nitrogens is 2. The average Bonchev–Trinajstić information content (AvgIpc) is 2.52. The Labute approximate surface area is 79.3 Å². The molecule has 5 heteroatoms. The SMILES string of the molecule is Nc1cccc(-c2nnc(Cl)o2)c1. The number of nitrogens with zero attached hydrogens (tertiary/aromatic N) is 2. The van der Waals surface area contributed by atoms with Crippen LogP contribution in [0.3, 0.4) is 0 Å². The van der Waals surface area contributed by atoms with Crippen LogP contribution in [-0.2, 0) is 0 Å². The van der Waals surface area contributed by atoms with E-state index in [2.05, 4.69) is 10.2 Å². The summed E-state index contributed by atoms with van der Waals surface area (Å²) in [7, 11) is 0. The third-order valence-electron chi connectivity index (χ3n) is 1.53.